The van der Waals surface area contributed by atoms with Crippen LogP contribution < -0.4 is 4.74 Å². The van der Waals surface area contributed by atoms with Crippen molar-refractivity contribution in [2.24, 2.45) is 0 Å². The Morgan fingerprint density at radius 1 is 1.47 bits per heavy atom. The zero-order chi connectivity index (χ0) is 13.2. The maximum Gasteiger partial charge on any atom is 0.573 e. The molecule has 0 aliphatic carbocycles. The Kier molecular flexibility index (Phi) is 3.63. The molecule has 0 unspecified atom stereocenters. The molecule has 0 saturated heterocycles. The molecule has 0 aliphatic heterocycles. The minimum atomic E-state index is -5.00. The van der Waals surface area contributed by atoms with Crippen LogP contribution in [0.4, 0.5) is 13.2 Å². The Morgan fingerprint density at radius 2 is 2.06 bits per heavy atom. The average Bonchev–Trinajstić information content (AvgIpc) is 2.15. The van der Waals surface area contributed by atoms with E-state index in [-0.39, 0.29) is 10.6 Å². The van der Waals surface area contributed by atoms with Crippen LogP contribution >= 0.6 is 11.6 Å². The Morgan fingerprint density at radius 3 is 2.47 bits per heavy atom. The fourth-order valence-electron chi connectivity index (χ4n) is 1.16. The molecule has 1 aromatic rings. The third kappa shape index (κ3) is 3.11. The lowest BCUT2D eigenvalue weighted by molar-refractivity contribution is -0.274. The standard InChI is InChI=1S/C10H5ClF3NO2/c1-5(16)6-2-3-8(11)7(4-15)9(6)17-10(12,13)14/h2-3H,1H3. The summed E-state index contributed by atoms with van der Waals surface area (Å²) in [7, 11) is 0. The first-order valence-corrected chi connectivity index (χ1v) is 4.63. The summed E-state index contributed by atoms with van der Waals surface area (Å²) in [6, 6.07) is 3.72. The fourth-order valence-corrected chi connectivity index (χ4v) is 1.35. The van der Waals surface area contributed by atoms with Crippen molar-refractivity contribution in [1.82, 2.24) is 0 Å². The summed E-state index contributed by atoms with van der Waals surface area (Å²) in [6.45, 7) is 1.06. The maximum atomic E-state index is 12.1. The molecule has 90 valence electrons. The highest BCUT2D eigenvalue weighted by Crippen LogP contribution is 2.34. The molecule has 0 bridgehead atoms. The predicted molar refractivity (Wildman–Crippen MR) is 52.9 cm³/mol. The van der Waals surface area contributed by atoms with Gasteiger partial charge in [-0.05, 0) is 19.1 Å². The number of nitriles is 1. The molecule has 1 aromatic carbocycles. The van der Waals surface area contributed by atoms with E-state index in [1.165, 1.54) is 12.1 Å². The third-order valence-electron chi connectivity index (χ3n) is 1.82. The fraction of sp³-hybridized carbons (Fsp3) is 0.200. The van der Waals surface area contributed by atoms with Crippen LogP contribution in [0.1, 0.15) is 22.8 Å². The van der Waals surface area contributed by atoms with Gasteiger partial charge in [-0.25, -0.2) is 0 Å². The van der Waals surface area contributed by atoms with Crippen LogP contribution in [0.15, 0.2) is 12.1 Å². The lowest BCUT2D eigenvalue weighted by Crippen LogP contribution is -2.19. The number of ether oxygens (including phenoxy) is 1. The summed E-state index contributed by atoms with van der Waals surface area (Å²) >= 11 is 5.55. The number of hydrogen-bond acceptors (Lipinski definition) is 3. The van der Waals surface area contributed by atoms with Crippen molar-refractivity contribution in [2.45, 2.75) is 13.3 Å². The van der Waals surface area contributed by atoms with Gasteiger partial charge in [0.1, 0.15) is 11.6 Å². The molecular formula is C10H5ClF3NO2. The van der Waals surface area contributed by atoms with E-state index in [2.05, 4.69) is 4.74 Å². The van der Waals surface area contributed by atoms with Gasteiger partial charge in [-0.1, -0.05) is 11.6 Å². The van der Waals surface area contributed by atoms with Gasteiger partial charge in [-0.15, -0.1) is 13.2 Å². The van der Waals surface area contributed by atoms with Crippen LogP contribution in [0.25, 0.3) is 0 Å². The van der Waals surface area contributed by atoms with Crippen molar-refractivity contribution in [3.63, 3.8) is 0 Å². The topological polar surface area (TPSA) is 50.1 Å². The molecule has 0 saturated carbocycles. The smallest absolute Gasteiger partial charge is 0.404 e. The van der Waals surface area contributed by atoms with Gasteiger partial charge in [0.15, 0.2) is 11.5 Å². The third-order valence-corrected chi connectivity index (χ3v) is 2.13. The summed E-state index contributed by atoms with van der Waals surface area (Å²) in [4.78, 5) is 11.1. The summed E-state index contributed by atoms with van der Waals surface area (Å²) < 4.78 is 40.1. The van der Waals surface area contributed by atoms with Crippen molar-refractivity contribution in [1.29, 1.82) is 5.26 Å². The number of carbonyl (C=O) groups excluding carboxylic acids is 1. The number of ketones is 1. The lowest BCUT2D eigenvalue weighted by Gasteiger charge is -2.13. The molecule has 17 heavy (non-hydrogen) atoms. The summed E-state index contributed by atoms with van der Waals surface area (Å²) in [5.41, 5.74) is -0.861. The Balaban J connectivity index is 3.46. The van der Waals surface area contributed by atoms with E-state index in [4.69, 9.17) is 16.9 Å². The summed E-state index contributed by atoms with van der Waals surface area (Å²) in [5, 5.41) is 8.50. The maximum absolute atomic E-state index is 12.1. The second-order valence-electron chi connectivity index (χ2n) is 3.01. The highest BCUT2D eigenvalue weighted by Gasteiger charge is 2.34. The quantitative estimate of drug-likeness (QED) is 0.769. The van der Waals surface area contributed by atoms with Crippen molar-refractivity contribution >= 4 is 17.4 Å². The van der Waals surface area contributed by atoms with Gasteiger partial charge >= 0.3 is 6.36 Å². The zero-order valence-corrected chi connectivity index (χ0v) is 9.19. The molecular weight excluding hydrogens is 259 g/mol. The zero-order valence-electron chi connectivity index (χ0n) is 8.43. The molecule has 0 amide bonds. The van der Waals surface area contributed by atoms with Crippen LogP contribution in [-0.4, -0.2) is 12.1 Å². The minimum absolute atomic E-state index is 0.211. The van der Waals surface area contributed by atoms with E-state index in [0.29, 0.717) is 0 Å². The van der Waals surface area contributed by atoms with Crippen LogP contribution in [-0.2, 0) is 0 Å². The first kappa shape index (κ1) is 13.3. The van der Waals surface area contributed by atoms with Gasteiger partial charge in [0.05, 0.1) is 10.6 Å². The summed E-state index contributed by atoms with van der Waals surface area (Å²) in [5.74, 6) is -1.52. The number of nitrogens with zero attached hydrogens (tertiary/aromatic N) is 1. The molecule has 0 heterocycles. The van der Waals surface area contributed by atoms with E-state index in [1.54, 1.807) is 0 Å². The number of halogens is 4. The van der Waals surface area contributed by atoms with Crippen LogP contribution in [0, 0.1) is 11.3 Å². The molecule has 0 fully saturated rings. The van der Waals surface area contributed by atoms with Crippen molar-refractivity contribution in [3.05, 3.63) is 28.3 Å². The SMILES string of the molecule is CC(=O)c1ccc(Cl)c(C#N)c1OC(F)(F)F. The second kappa shape index (κ2) is 4.63. The number of hydrogen-bond donors (Lipinski definition) is 0. The number of alkyl halides is 3. The van der Waals surface area contributed by atoms with Crippen LogP contribution in [0.5, 0.6) is 5.75 Å². The average molecular weight is 264 g/mol. The largest absolute Gasteiger partial charge is 0.573 e. The van der Waals surface area contributed by atoms with E-state index in [0.717, 1.165) is 13.0 Å². The number of rotatable bonds is 2. The number of Topliss-reactive ketones (excluding diaryl/α,β-unsaturated/α-hetero) is 1. The van der Waals surface area contributed by atoms with Gasteiger partial charge in [-0.3, -0.25) is 4.79 Å². The Bertz CT molecular complexity index is 505. The minimum Gasteiger partial charge on any atom is -0.404 e. The van der Waals surface area contributed by atoms with E-state index < -0.39 is 23.5 Å². The molecule has 7 heteroatoms. The molecule has 0 atom stereocenters. The molecule has 0 aromatic heterocycles. The molecule has 0 aliphatic rings. The first-order chi connectivity index (χ1) is 7.76. The van der Waals surface area contributed by atoms with Gasteiger partial charge in [-0.2, -0.15) is 5.26 Å². The number of benzene rings is 1. The van der Waals surface area contributed by atoms with Crippen LogP contribution in [0.2, 0.25) is 5.02 Å². The van der Waals surface area contributed by atoms with Crippen molar-refractivity contribution < 1.29 is 22.7 Å². The highest BCUT2D eigenvalue weighted by atomic mass is 35.5. The predicted octanol–water partition coefficient (Wildman–Crippen LogP) is 3.31. The van der Waals surface area contributed by atoms with Crippen molar-refractivity contribution in [2.75, 3.05) is 0 Å². The molecule has 0 N–H and O–H groups in total. The van der Waals surface area contributed by atoms with Crippen molar-refractivity contribution in [3.8, 4) is 11.8 Å². The molecule has 0 spiro atoms. The normalized spacial score (nSPS) is 10.8. The molecule has 1 rings (SSSR count). The monoisotopic (exact) mass is 263 g/mol. The summed E-state index contributed by atoms with van der Waals surface area (Å²) in [6.07, 6.45) is -5.00. The van der Waals surface area contributed by atoms with Gasteiger partial charge in [0, 0.05) is 0 Å². The van der Waals surface area contributed by atoms with Gasteiger partial charge in [0.2, 0.25) is 0 Å². The second-order valence-corrected chi connectivity index (χ2v) is 3.42. The Hall–Kier alpha value is -1.74. The highest BCUT2D eigenvalue weighted by molar-refractivity contribution is 6.32. The van der Waals surface area contributed by atoms with E-state index >= 15 is 0 Å². The molecule has 3 nitrogen and oxygen atoms in total. The first-order valence-electron chi connectivity index (χ1n) is 4.25. The van der Waals surface area contributed by atoms with Gasteiger partial charge < -0.3 is 4.74 Å². The Labute approximate surface area is 99.4 Å². The van der Waals surface area contributed by atoms with E-state index in [1.807, 2.05) is 0 Å². The molecule has 0 radical (unpaired) electrons. The number of carbonyl (C=O) groups is 1. The van der Waals surface area contributed by atoms with Gasteiger partial charge in [0.25, 0.3) is 0 Å². The van der Waals surface area contributed by atoms with Crippen LogP contribution in [0.3, 0.4) is 0 Å². The van der Waals surface area contributed by atoms with E-state index in [9.17, 15) is 18.0 Å². The lowest BCUT2D eigenvalue weighted by atomic mass is 10.1.